The summed E-state index contributed by atoms with van der Waals surface area (Å²) in [6.07, 6.45) is 5.01. The summed E-state index contributed by atoms with van der Waals surface area (Å²) in [5.41, 5.74) is 2.78. The maximum atomic E-state index is 12.2. The summed E-state index contributed by atoms with van der Waals surface area (Å²) in [6, 6.07) is 11.9. The maximum absolute atomic E-state index is 12.2. The van der Waals surface area contributed by atoms with Crippen LogP contribution < -0.4 is 4.74 Å². The molecular weight excluding hydrogens is 344 g/mol. The van der Waals surface area contributed by atoms with Crippen molar-refractivity contribution in [3.8, 4) is 23.1 Å². The molecule has 0 radical (unpaired) electrons. The number of hydrogen-bond donors (Lipinski definition) is 0. The van der Waals surface area contributed by atoms with Crippen LogP contribution in [0, 0.1) is 11.3 Å². The number of aromatic nitrogens is 2. The van der Waals surface area contributed by atoms with Crippen molar-refractivity contribution in [1.82, 2.24) is 9.97 Å². The lowest BCUT2D eigenvalue weighted by atomic mass is 10.1. The highest BCUT2D eigenvalue weighted by molar-refractivity contribution is 7.11. The normalized spacial score (nSPS) is 11.4. The van der Waals surface area contributed by atoms with Crippen LogP contribution in [0.5, 0.6) is 5.75 Å². The molecule has 3 rings (SSSR count). The van der Waals surface area contributed by atoms with Gasteiger partial charge in [-0.05, 0) is 35.9 Å². The molecule has 1 aromatic carbocycles. The molecule has 0 fully saturated rings. The van der Waals surface area contributed by atoms with Crippen molar-refractivity contribution in [2.24, 2.45) is 0 Å². The van der Waals surface area contributed by atoms with Crippen LogP contribution in [0.1, 0.15) is 10.6 Å². The molecule has 0 aliphatic rings. The zero-order valence-corrected chi connectivity index (χ0v) is 13.6. The maximum Gasteiger partial charge on any atom is 0.387 e. The average Bonchev–Trinajstić information content (AvgIpc) is 3.11. The summed E-state index contributed by atoms with van der Waals surface area (Å²) in [5, 5.41) is 11.9. The Bertz CT molecular complexity index is 915. The van der Waals surface area contributed by atoms with E-state index in [9.17, 15) is 14.0 Å². The van der Waals surface area contributed by atoms with Gasteiger partial charge in [-0.1, -0.05) is 12.1 Å². The van der Waals surface area contributed by atoms with Crippen LogP contribution in [0.25, 0.3) is 22.9 Å². The van der Waals surface area contributed by atoms with Gasteiger partial charge in [0.2, 0.25) is 0 Å². The van der Waals surface area contributed by atoms with Gasteiger partial charge in [0.05, 0.1) is 11.3 Å². The molecule has 2 heterocycles. The van der Waals surface area contributed by atoms with Gasteiger partial charge in [-0.15, -0.1) is 11.3 Å². The monoisotopic (exact) mass is 355 g/mol. The zero-order valence-electron chi connectivity index (χ0n) is 12.8. The predicted molar refractivity (Wildman–Crippen MR) is 91.9 cm³/mol. The van der Waals surface area contributed by atoms with E-state index in [1.807, 2.05) is 17.5 Å². The van der Waals surface area contributed by atoms with Crippen molar-refractivity contribution in [2.75, 3.05) is 0 Å². The number of thiazole rings is 1. The Morgan fingerprint density at radius 3 is 2.52 bits per heavy atom. The molecule has 4 nitrogen and oxygen atoms in total. The molecule has 25 heavy (non-hydrogen) atoms. The van der Waals surface area contributed by atoms with Gasteiger partial charge in [0.15, 0.2) is 0 Å². The fourth-order valence-corrected chi connectivity index (χ4v) is 2.90. The lowest BCUT2D eigenvalue weighted by molar-refractivity contribution is -0.0498. The predicted octanol–water partition coefficient (Wildman–Crippen LogP) is 4.87. The number of ether oxygens (including phenoxy) is 1. The van der Waals surface area contributed by atoms with Crippen LogP contribution in [-0.2, 0) is 0 Å². The van der Waals surface area contributed by atoms with Gasteiger partial charge in [0.25, 0.3) is 0 Å². The molecule has 0 atom stereocenters. The third-order valence-electron chi connectivity index (χ3n) is 3.25. The first-order valence-corrected chi connectivity index (χ1v) is 8.06. The van der Waals surface area contributed by atoms with Gasteiger partial charge in [-0.25, -0.2) is 4.98 Å². The Labute approximate surface area is 146 Å². The largest absolute Gasteiger partial charge is 0.435 e. The third-order valence-corrected chi connectivity index (χ3v) is 4.12. The standard InChI is InChI=1S/C18H11F2N3OS/c19-18(20)24-15-3-1-12(2-4-15)9-14(10-21)17-23-16(11-25-17)13-5-7-22-8-6-13/h1-9,11,18H. The minimum Gasteiger partial charge on any atom is -0.435 e. The second kappa shape index (κ2) is 7.64. The molecule has 124 valence electrons. The number of nitriles is 1. The van der Waals surface area contributed by atoms with E-state index in [-0.39, 0.29) is 5.75 Å². The van der Waals surface area contributed by atoms with Crippen LogP contribution in [0.15, 0.2) is 54.2 Å². The molecular formula is C18H11F2N3OS. The van der Waals surface area contributed by atoms with E-state index in [1.165, 1.54) is 23.5 Å². The van der Waals surface area contributed by atoms with E-state index < -0.39 is 6.61 Å². The minimum absolute atomic E-state index is 0.0693. The van der Waals surface area contributed by atoms with E-state index >= 15 is 0 Å². The van der Waals surface area contributed by atoms with Crippen LogP contribution >= 0.6 is 11.3 Å². The fraction of sp³-hybridized carbons (Fsp3) is 0.0556. The number of allylic oxidation sites excluding steroid dienone is 1. The minimum atomic E-state index is -2.86. The molecule has 0 saturated carbocycles. The van der Waals surface area contributed by atoms with Crippen LogP contribution in [0.4, 0.5) is 8.78 Å². The molecule has 0 bridgehead atoms. The third kappa shape index (κ3) is 4.25. The van der Waals surface area contributed by atoms with Gasteiger partial charge >= 0.3 is 6.61 Å². The lowest BCUT2D eigenvalue weighted by Crippen LogP contribution is -2.01. The molecule has 0 spiro atoms. The smallest absolute Gasteiger partial charge is 0.387 e. The van der Waals surface area contributed by atoms with Gasteiger partial charge in [-0.3, -0.25) is 4.98 Å². The number of rotatable bonds is 5. The number of nitrogens with zero attached hydrogens (tertiary/aromatic N) is 3. The Kier molecular flexibility index (Phi) is 5.11. The number of halogens is 2. The van der Waals surface area contributed by atoms with Crippen molar-refractivity contribution >= 4 is 23.0 Å². The summed E-state index contributed by atoms with van der Waals surface area (Å²) < 4.78 is 28.6. The Hall–Kier alpha value is -3.11. The molecule has 0 unspecified atom stereocenters. The molecule has 0 saturated heterocycles. The zero-order chi connectivity index (χ0) is 17.6. The second-order valence-corrected chi connectivity index (χ2v) is 5.75. The van der Waals surface area contributed by atoms with Gasteiger partial charge in [0.1, 0.15) is 16.8 Å². The summed E-state index contributed by atoms with van der Waals surface area (Å²) in [7, 11) is 0. The SMILES string of the molecule is N#CC(=Cc1ccc(OC(F)F)cc1)c1nc(-c2ccncc2)cs1. The molecule has 3 aromatic rings. The Morgan fingerprint density at radius 1 is 1.16 bits per heavy atom. The molecule has 0 N–H and O–H groups in total. The van der Waals surface area contributed by atoms with Gasteiger partial charge in [0, 0.05) is 23.3 Å². The second-order valence-electron chi connectivity index (χ2n) is 4.89. The molecule has 2 aromatic heterocycles. The van der Waals surface area contributed by atoms with E-state index in [2.05, 4.69) is 20.8 Å². The van der Waals surface area contributed by atoms with Crippen LogP contribution in [0.2, 0.25) is 0 Å². The molecule has 0 aliphatic heterocycles. The summed E-state index contributed by atoms with van der Waals surface area (Å²) >= 11 is 1.36. The van der Waals surface area contributed by atoms with Gasteiger partial charge in [-0.2, -0.15) is 14.0 Å². The van der Waals surface area contributed by atoms with Crippen LogP contribution in [0.3, 0.4) is 0 Å². The highest BCUT2D eigenvalue weighted by Gasteiger charge is 2.09. The highest BCUT2D eigenvalue weighted by atomic mass is 32.1. The number of alkyl halides is 2. The van der Waals surface area contributed by atoms with E-state index in [4.69, 9.17) is 0 Å². The Balaban J connectivity index is 1.84. The topological polar surface area (TPSA) is 58.8 Å². The first-order valence-electron chi connectivity index (χ1n) is 7.18. The van der Waals surface area contributed by atoms with Crippen molar-refractivity contribution in [3.63, 3.8) is 0 Å². The van der Waals surface area contributed by atoms with Gasteiger partial charge < -0.3 is 4.74 Å². The van der Waals surface area contributed by atoms with Crippen molar-refractivity contribution in [1.29, 1.82) is 5.26 Å². The average molecular weight is 355 g/mol. The van der Waals surface area contributed by atoms with Crippen molar-refractivity contribution < 1.29 is 13.5 Å². The quantitative estimate of drug-likeness (QED) is 0.613. The number of benzene rings is 1. The molecule has 0 amide bonds. The number of hydrogen-bond acceptors (Lipinski definition) is 5. The summed E-state index contributed by atoms with van der Waals surface area (Å²) in [6.45, 7) is -2.86. The van der Waals surface area contributed by atoms with Crippen LogP contribution in [-0.4, -0.2) is 16.6 Å². The van der Waals surface area contributed by atoms with E-state index in [0.717, 1.165) is 11.3 Å². The highest BCUT2D eigenvalue weighted by Crippen LogP contribution is 2.27. The molecule has 0 aliphatic carbocycles. The van der Waals surface area contributed by atoms with E-state index in [1.54, 1.807) is 30.6 Å². The lowest BCUT2D eigenvalue weighted by Gasteiger charge is -2.04. The van der Waals surface area contributed by atoms with Crippen molar-refractivity contribution in [3.05, 3.63) is 64.7 Å². The fourth-order valence-electron chi connectivity index (χ4n) is 2.11. The summed E-state index contributed by atoms with van der Waals surface area (Å²) in [5.74, 6) is 0.0693. The number of pyridine rings is 1. The summed E-state index contributed by atoms with van der Waals surface area (Å²) in [4.78, 5) is 8.45. The van der Waals surface area contributed by atoms with E-state index in [0.29, 0.717) is 16.1 Å². The Morgan fingerprint density at radius 2 is 1.88 bits per heavy atom. The first kappa shape index (κ1) is 16.7. The van der Waals surface area contributed by atoms with Crippen molar-refractivity contribution in [2.45, 2.75) is 6.61 Å². The first-order chi connectivity index (χ1) is 12.2. The molecule has 7 heteroatoms.